The Bertz CT molecular complexity index is 131. The summed E-state index contributed by atoms with van der Waals surface area (Å²) >= 11 is 0. The maximum Gasteiger partial charge on any atom is 0.0516 e. The van der Waals surface area contributed by atoms with Crippen LogP contribution in [0.15, 0.2) is 12.4 Å². The summed E-state index contributed by atoms with van der Waals surface area (Å²) in [5.41, 5.74) is 1.18. The van der Waals surface area contributed by atoms with Crippen LogP contribution in [0.3, 0.4) is 0 Å². The highest BCUT2D eigenvalue weighted by Gasteiger charge is 1.74. The van der Waals surface area contributed by atoms with Gasteiger partial charge in [0.15, 0.2) is 0 Å². The van der Waals surface area contributed by atoms with Crippen LogP contribution in [0.5, 0.6) is 0 Å². The van der Waals surface area contributed by atoms with Gasteiger partial charge in [-0.1, -0.05) is 26.7 Å². The molecule has 0 amide bonds. The van der Waals surface area contributed by atoms with Crippen molar-refractivity contribution in [3.63, 3.8) is 0 Å². The van der Waals surface area contributed by atoms with E-state index >= 15 is 0 Å². The van der Waals surface area contributed by atoms with Gasteiger partial charge in [0, 0.05) is 6.20 Å². The van der Waals surface area contributed by atoms with Gasteiger partial charge < -0.3 is 0 Å². The molecule has 0 aliphatic rings. The molecule has 58 valence electrons. The number of hydrogen-bond acceptors (Lipinski definition) is 1. The van der Waals surface area contributed by atoms with E-state index in [0.29, 0.717) is 0 Å². The fraction of sp³-hybridized carbons (Fsp3) is 0.625. The highest BCUT2D eigenvalue weighted by atomic mass is 15.1. The van der Waals surface area contributed by atoms with Gasteiger partial charge in [0.05, 0.1) is 6.20 Å². The maximum atomic E-state index is 3.70. The largest absolute Gasteiger partial charge is 0.285 e. The van der Waals surface area contributed by atoms with Gasteiger partial charge >= 0.3 is 0 Å². The van der Waals surface area contributed by atoms with Crippen molar-refractivity contribution in [1.82, 2.24) is 10.2 Å². The van der Waals surface area contributed by atoms with Crippen molar-refractivity contribution in [2.45, 2.75) is 33.6 Å². The number of H-pyrrole nitrogens is 1. The molecule has 0 spiro atoms. The highest BCUT2D eigenvalue weighted by molar-refractivity contribution is 4.96. The van der Waals surface area contributed by atoms with Crippen LogP contribution in [0.25, 0.3) is 0 Å². The van der Waals surface area contributed by atoms with Gasteiger partial charge in [0.1, 0.15) is 0 Å². The van der Waals surface area contributed by atoms with Crippen molar-refractivity contribution in [2.24, 2.45) is 0 Å². The molecular weight excluding hydrogens is 124 g/mol. The van der Waals surface area contributed by atoms with E-state index in [0.717, 1.165) is 0 Å². The predicted octanol–water partition coefficient (Wildman–Crippen LogP) is 2.52. The van der Waals surface area contributed by atoms with E-state index in [1.165, 1.54) is 18.4 Å². The van der Waals surface area contributed by atoms with Gasteiger partial charge in [-0.2, -0.15) is 5.10 Å². The van der Waals surface area contributed by atoms with Crippen molar-refractivity contribution < 1.29 is 0 Å². The molecule has 10 heavy (non-hydrogen) atoms. The lowest BCUT2D eigenvalue weighted by molar-refractivity contribution is 0.886. The van der Waals surface area contributed by atoms with Crippen molar-refractivity contribution >= 4 is 0 Å². The van der Waals surface area contributed by atoms with E-state index in [-0.39, 0.29) is 0 Å². The molecule has 1 rings (SSSR count). The minimum absolute atomic E-state index is 1.18. The zero-order valence-electron chi connectivity index (χ0n) is 7.02. The number of aromatic nitrogens is 2. The molecule has 0 bridgehead atoms. The van der Waals surface area contributed by atoms with Crippen LogP contribution >= 0.6 is 0 Å². The third-order valence-electron chi connectivity index (χ3n) is 1.13. The van der Waals surface area contributed by atoms with Crippen LogP contribution in [0.1, 0.15) is 32.3 Å². The van der Waals surface area contributed by atoms with Crippen molar-refractivity contribution in [1.29, 1.82) is 0 Å². The van der Waals surface area contributed by atoms with E-state index in [9.17, 15) is 0 Å². The molecule has 0 aliphatic carbocycles. The van der Waals surface area contributed by atoms with E-state index in [2.05, 4.69) is 24.0 Å². The number of nitrogens with zero attached hydrogens (tertiary/aromatic N) is 1. The number of hydrogen-bond donors (Lipinski definition) is 1. The van der Waals surface area contributed by atoms with Crippen molar-refractivity contribution in [2.75, 3.05) is 0 Å². The molecule has 1 aromatic rings. The minimum atomic E-state index is 1.18. The first-order valence-electron chi connectivity index (χ1n) is 3.76. The molecule has 0 aliphatic heterocycles. The molecule has 0 unspecified atom stereocenters. The molecule has 2 heteroatoms. The number of unbranched alkanes of at least 4 members (excludes halogenated alkanes) is 1. The Hall–Kier alpha value is -0.790. The molecular formula is C8H16N2. The molecule has 1 heterocycles. The summed E-state index contributed by atoms with van der Waals surface area (Å²) in [6.07, 6.45) is 6.26. The van der Waals surface area contributed by atoms with E-state index in [1.54, 1.807) is 6.20 Å². The molecule has 1 aromatic heterocycles. The molecule has 0 atom stereocenters. The van der Waals surface area contributed by atoms with E-state index < -0.39 is 0 Å². The first-order chi connectivity index (χ1) is 4.81. The zero-order valence-corrected chi connectivity index (χ0v) is 7.02. The molecule has 0 radical (unpaired) electrons. The summed E-state index contributed by atoms with van der Waals surface area (Å²) in [6.45, 7) is 6.35. The topological polar surface area (TPSA) is 28.7 Å². The summed E-state index contributed by atoms with van der Waals surface area (Å²) in [7, 11) is 0. The molecule has 2 nitrogen and oxygen atoms in total. The lowest BCUT2D eigenvalue weighted by Gasteiger charge is -1.68. The Balaban J connectivity index is 0.000000180. The molecule has 0 fully saturated rings. The summed E-state index contributed by atoms with van der Waals surface area (Å²) in [4.78, 5) is 0. The van der Waals surface area contributed by atoms with Gasteiger partial charge in [-0.15, -0.1) is 0 Å². The van der Waals surface area contributed by atoms with Gasteiger partial charge in [-0.05, 0) is 12.5 Å². The third kappa shape index (κ3) is 5.35. The van der Waals surface area contributed by atoms with E-state index in [4.69, 9.17) is 0 Å². The fourth-order valence-corrected chi connectivity index (χ4v) is 0.315. The Morgan fingerprint density at radius 2 is 2.00 bits per heavy atom. The first kappa shape index (κ1) is 9.21. The van der Waals surface area contributed by atoms with Crippen molar-refractivity contribution in [3.05, 3.63) is 18.0 Å². The van der Waals surface area contributed by atoms with Gasteiger partial charge in [0.25, 0.3) is 0 Å². The molecule has 0 saturated carbocycles. The van der Waals surface area contributed by atoms with Gasteiger partial charge in [0.2, 0.25) is 0 Å². The SMILES string of the molecule is CCCC.Cc1cn[nH]c1. The monoisotopic (exact) mass is 140 g/mol. The summed E-state index contributed by atoms with van der Waals surface area (Å²) in [6, 6.07) is 0. The second-order valence-electron chi connectivity index (χ2n) is 2.28. The third-order valence-corrected chi connectivity index (χ3v) is 1.13. The predicted molar refractivity (Wildman–Crippen MR) is 43.9 cm³/mol. The van der Waals surface area contributed by atoms with Crippen molar-refractivity contribution in [3.8, 4) is 0 Å². The minimum Gasteiger partial charge on any atom is -0.285 e. The Morgan fingerprint density at radius 3 is 2.10 bits per heavy atom. The average molecular weight is 140 g/mol. The fourth-order valence-electron chi connectivity index (χ4n) is 0.315. The summed E-state index contributed by atoms with van der Waals surface area (Å²) < 4.78 is 0. The lowest BCUT2D eigenvalue weighted by Crippen LogP contribution is -1.53. The van der Waals surface area contributed by atoms with Crippen LogP contribution in [0.4, 0.5) is 0 Å². The van der Waals surface area contributed by atoms with Gasteiger partial charge in [-0.25, -0.2) is 0 Å². The number of nitrogens with one attached hydrogen (secondary N) is 1. The normalized spacial score (nSPS) is 8.30. The second kappa shape index (κ2) is 6.33. The smallest absolute Gasteiger partial charge is 0.0516 e. The highest BCUT2D eigenvalue weighted by Crippen LogP contribution is 1.84. The van der Waals surface area contributed by atoms with Crippen LogP contribution in [0.2, 0.25) is 0 Å². The first-order valence-corrected chi connectivity index (χ1v) is 3.76. The summed E-state index contributed by atoms with van der Waals surface area (Å²) in [5.74, 6) is 0. The zero-order chi connectivity index (χ0) is 7.82. The van der Waals surface area contributed by atoms with Crippen LogP contribution in [-0.2, 0) is 0 Å². The number of aryl methyl sites for hydroxylation is 1. The number of rotatable bonds is 1. The second-order valence-corrected chi connectivity index (χ2v) is 2.28. The number of aromatic amines is 1. The molecule has 0 aromatic carbocycles. The quantitative estimate of drug-likeness (QED) is 0.638. The van der Waals surface area contributed by atoms with Crippen LogP contribution < -0.4 is 0 Å². The van der Waals surface area contributed by atoms with Crippen LogP contribution in [-0.4, -0.2) is 10.2 Å². The maximum absolute atomic E-state index is 3.70. The average Bonchev–Trinajstić information content (AvgIpc) is 2.40. The Morgan fingerprint density at radius 1 is 1.40 bits per heavy atom. The summed E-state index contributed by atoms with van der Waals surface area (Å²) in [5, 5.41) is 6.38. The standard InChI is InChI=1S/C4H6N2.C4H10/c1-4-2-5-6-3-4;1-3-4-2/h2-3H,1H3,(H,5,6);3-4H2,1-2H3. The molecule has 1 N–H and O–H groups in total. The molecule has 0 saturated heterocycles. The van der Waals surface area contributed by atoms with Gasteiger partial charge in [-0.3, -0.25) is 5.10 Å². The van der Waals surface area contributed by atoms with E-state index in [1.807, 2.05) is 13.1 Å². The Labute approximate surface area is 62.7 Å². The van der Waals surface area contributed by atoms with Crippen LogP contribution in [0, 0.1) is 6.92 Å². The lowest BCUT2D eigenvalue weighted by atomic mass is 10.4. The Kier molecular flexibility index (Phi) is 5.83.